The predicted octanol–water partition coefficient (Wildman–Crippen LogP) is 3.94. The zero-order valence-electron chi connectivity index (χ0n) is 14.4. The molecule has 2 aromatic heterocycles. The lowest BCUT2D eigenvalue weighted by Gasteiger charge is -2.08. The molecule has 5 nitrogen and oxygen atoms in total. The van der Waals surface area contributed by atoms with Crippen LogP contribution in [0.25, 0.3) is 0 Å². The van der Waals surface area contributed by atoms with Gasteiger partial charge in [0.15, 0.2) is 0 Å². The van der Waals surface area contributed by atoms with Gasteiger partial charge in [0.1, 0.15) is 5.82 Å². The van der Waals surface area contributed by atoms with Crippen LogP contribution in [-0.4, -0.2) is 27.0 Å². The van der Waals surface area contributed by atoms with Gasteiger partial charge >= 0.3 is 6.55 Å². The summed E-state index contributed by atoms with van der Waals surface area (Å²) < 4.78 is 26.3. The average molecular weight is 388 g/mol. The Kier molecular flexibility index (Phi) is 6.54. The van der Waals surface area contributed by atoms with Crippen molar-refractivity contribution in [3.8, 4) is 0 Å². The van der Waals surface area contributed by atoms with Crippen LogP contribution in [0.5, 0.6) is 0 Å². The SMILES string of the molecule is O=C(NCCc1nccn1C(F)F)c1ccc(SCc2cccnc2)cc1. The van der Waals surface area contributed by atoms with Crippen LogP contribution in [0.2, 0.25) is 0 Å². The van der Waals surface area contributed by atoms with Crippen molar-refractivity contribution in [2.24, 2.45) is 0 Å². The molecule has 1 N–H and O–H groups in total. The second-order valence-corrected chi connectivity index (χ2v) is 6.76. The smallest absolute Gasteiger partial charge is 0.319 e. The Morgan fingerprint density at radius 2 is 2.00 bits per heavy atom. The van der Waals surface area contributed by atoms with Gasteiger partial charge in [-0.1, -0.05) is 6.07 Å². The maximum absolute atomic E-state index is 12.8. The summed E-state index contributed by atoms with van der Waals surface area (Å²) in [5, 5.41) is 2.73. The fourth-order valence-electron chi connectivity index (χ4n) is 2.46. The summed E-state index contributed by atoms with van der Waals surface area (Å²) >= 11 is 1.66. The van der Waals surface area contributed by atoms with E-state index in [0.29, 0.717) is 5.56 Å². The van der Waals surface area contributed by atoms with Crippen LogP contribution in [0.4, 0.5) is 8.78 Å². The van der Waals surface area contributed by atoms with Crippen molar-refractivity contribution in [2.75, 3.05) is 6.54 Å². The first-order valence-corrected chi connectivity index (χ1v) is 9.32. The number of carbonyl (C=O) groups excluding carboxylic acids is 1. The molecule has 0 aliphatic carbocycles. The normalized spacial score (nSPS) is 10.9. The molecule has 0 atom stereocenters. The summed E-state index contributed by atoms with van der Waals surface area (Å²) in [7, 11) is 0. The van der Waals surface area contributed by atoms with E-state index in [1.807, 2.05) is 30.5 Å². The molecular formula is C19H18F2N4OS. The van der Waals surface area contributed by atoms with E-state index in [1.165, 1.54) is 12.4 Å². The molecule has 1 amide bonds. The molecule has 0 saturated heterocycles. The molecule has 0 radical (unpaired) electrons. The third-order valence-corrected chi connectivity index (χ3v) is 4.92. The molecule has 8 heteroatoms. The van der Waals surface area contributed by atoms with Crippen molar-refractivity contribution in [3.05, 3.63) is 78.1 Å². The van der Waals surface area contributed by atoms with Crippen LogP contribution in [0.15, 0.2) is 66.1 Å². The Balaban J connectivity index is 1.48. The third kappa shape index (κ3) is 5.37. The average Bonchev–Trinajstić information content (AvgIpc) is 3.16. The lowest BCUT2D eigenvalue weighted by molar-refractivity contribution is 0.0670. The molecule has 140 valence electrons. The van der Waals surface area contributed by atoms with Gasteiger partial charge in [-0.05, 0) is 35.9 Å². The summed E-state index contributed by atoms with van der Waals surface area (Å²) in [6.07, 6.45) is 6.35. The maximum atomic E-state index is 12.8. The van der Waals surface area contributed by atoms with Gasteiger partial charge in [-0.15, -0.1) is 11.8 Å². The van der Waals surface area contributed by atoms with Crippen LogP contribution in [0.1, 0.15) is 28.3 Å². The van der Waals surface area contributed by atoms with Gasteiger partial charge in [0.05, 0.1) is 0 Å². The molecule has 3 rings (SSSR count). The number of alkyl halides is 2. The Hall–Kier alpha value is -2.74. The minimum absolute atomic E-state index is 0.236. The number of carbonyl (C=O) groups is 1. The van der Waals surface area contributed by atoms with E-state index in [0.717, 1.165) is 20.8 Å². The summed E-state index contributed by atoms with van der Waals surface area (Å²) in [4.78, 5) is 21.2. The molecule has 0 spiro atoms. The Bertz CT molecular complexity index is 869. The topological polar surface area (TPSA) is 59.8 Å². The second-order valence-electron chi connectivity index (χ2n) is 5.71. The minimum atomic E-state index is -2.63. The number of aromatic nitrogens is 3. The first-order chi connectivity index (χ1) is 13.1. The first kappa shape index (κ1) is 19.0. The predicted molar refractivity (Wildman–Crippen MR) is 99.8 cm³/mol. The van der Waals surface area contributed by atoms with Crippen LogP contribution < -0.4 is 5.32 Å². The number of hydrogen-bond acceptors (Lipinski definition) is 4. The van der Waals surface area contributed by atoms with Crippen molar-refractivity contribution in [1.82, 2.24) is 19.9 Å². The minimum Gasteiger partial charge on any atom is -0.352 e. The lowest BCUT2D eigenvalue weighted by Crippen LogP contribution is -2.26. The van der Waals surface area contributed by atoms with E-state index in [-0.39, 0.29) is 24.7 Å². The molecule has 1 aromatic carbocycles. The van der Waals surface area contributed by atoms with Crippen LogP contribution >= 0.6 is 11.8 Å². The molecule has 3 aromatic rings. The van der Waals surface area contributed by atoms with Crippen molar-refractivity contribution in [1.29, 1.82) is 0 Å². The maximum Gasteiger partial charge on any atom is 0.319 e. The van der Waals surface area contributed by atoms with Gasteiger partial charge in [0.2, 0.25) is 0 Å². The molecule has 0 aliphatic rings. The monoisotopic (exact) mass is 388 g/mol. The fraction of sp³-hybridized carbons (Fsp3) is 0.211. The Labute approximate surface area is 159 Å². The highest BCUT2D eigenvalue weighted by Crippen LogP contribution is 2.22. The number of benzene rings is 1. The van der Waals surface area contributed by atoms with E-state index in [9.17, 15) is 13.6 Å². The number of amides is 1. The quantitative estimate of drug-likeness (QED) is 0.594. The van der Waals surface area contributed by atoms with Crippen molar-refractivity contribution < 1.29 is 13.6 Å². The van der Waals surface area contributed by atoms with Crippen molar-refractivity contribution in [3.63, 3.8) is 0 Å². The fourth-order valence-corrected chi connectivity index (χ4v) is 3.29. The summed E-state index contributed by atoms with van der Waals surface area (Å²) in [5.41, 5.74) is 1.66. The van der Waals surface area contributed by atoms with Crippen LogP contribution in [-0.2, 0) is 12.2 Å². The highest BCUT2D eigenvalue weighted by molar-refractivity contribution is 7.98. The number of thioether (sulfide) groups is 1. The molecule has 0 bridgehead atoms. The summed E-state index contributed by atoms with van der Waals surface area (Å²) in [6.45, 7) is -2.39. The van der Waals surface area contributed by atoms with Gasteiger partial charge in [0, 0.05) is 54.0 Å². The molecule has 0 fully saturated rings. The Morgan fingerprint density at radius 1 is 1.19 bits per heavy atom. The highest BCUT2D eigenvalue weighted by atomic mass is 32.2. The van der Waals surface area contributed by atoms with Crippen LogP contribution in [0, 0.1) is 0 Å². The number of nitrogens with one attached hydrogen (secondary N) is 1. The summed E-state index contributed by atoms with van der Waals surface area (Å²) in [6, 6.07) is 11.2. The zero-order valence-corrected chi connectivity index (χ0v) is 15.2. The van der Waals surface area contributed by atoms with E-state index >= 15 is 0 Å². The molecule has 0 unspecified atom stereocenters. The number of imidazole rings is 1. The van der Waals surface area contributed by atoms with E-state index in [1.54, 1.807) is 30.1 Å². The summed E-state index contributed by atoms with van der Waals surface area (Å²) in [5.74, 6) is 0.803. The largest absolute Gasteiger partial charge is 0.352 e. The van der Waals surface area contributed by atoms with Gasteiger partial charge in [-0.3, -0.25) is 14.3 Å². The molecule has 2 heterocycles. The third-order valence-electron chi connectivity index (χ3n) is 3.84. The van der Waals surface area contributed by atoms with E-state index < -0.39 is 6.55 Å². The molecule has 0 saturated carbocycles. The second kappa shape index (κ2) is 9.27. The van der Waals surface area contributed by atoms with Gasteiger partial charge in [-0.2, -0.15) is 8.78 Å². The van der Waals surface area contributed by atoms with Gasteiger partial charge in [0.25, 0.3) is 5.91 Å². The van der Waals surface area contributed by atoms with E-state index in [2.05, 4.69) is 15.3 Å². The lowest BCUT2D eigenvalue weighted by atomic mass is 10.2. The van der Waals surface area contributed by atoms with Crippen molar-refractivity contribution in [2.45, 2.75) is 23.6 Å². The molecule has 0 aliphatic heterocycles. The Morgan fingerprint density at radius 3 is 2.70 bits per heavy atom. The molecular weight excluding hydrogens is 370 g/mol. The van der Waals surface area contributed by atoms with Gasteiger partial charge in [-0.25, -0.2) is 4.98 Å². The molecule has 27 heavy (non-hydrogen) atoms. The standard InChI is InChI=1S/C19H18F2N4OS/c20-19(21)25-11-10-23-17(25)7-9-24-18(26)15-3-5-16(6-4-15)27-13-14-2-1-8-22-12-14/h1-6,8,10-12,19H,7,9,13H2,(H,24,26). The first-order valence-electron chi connectivity index (χ1n) is 8.33. The van der Waals surface area contributed by atoms with Crippen LogP contribution in [0.3, 0.4) is 0 Å². The highest BCUT2D eigenvalue weighted by Gasteiger charge is 2.12. The number of halogens is 2. The van der Waals surface area contributed by atoms with Crippen molar-refractivity contribution >= 4 is 17.7 Å². The van der Waals surface area contributed by atoms with E-state index in [4.69, 9.17) is 0 Å². The number of nitrogens with zero attached hydrogens (tertiary/aromatic N) is 3. The van der Waals surface area contributed by atoms with Gasteiger partial charge < -0.3 is 5.32 Å². The number of pyridine rings is 1. The number of hydrogen-bond donors (Lipinski definition) is 1. The zero-order chi connectivity index (χ0) is 19.1. The number of rotatable bonds is 8.